The lowest BCUT2D eigenvalue weighted by molar-refractivity contribution is 0.0249. The van der Waals surface area contributed by atoms with E-state index in [1.54, 1.807) is 7.11 Å². The van der Waals surface area contributed by atoms with Gasteiger partial charge in [0, 0.05) is 19.7 Å². The van der Waals surface area contributed by atoms with E-state index in [-0.39, 0.29) is 12.6 Å². The monoisotopic (exact) mass is 297 g/mol. The van der Waals surface area contributed by atoms with Crippen LogP contribution in [0.4, 0.5) is 0 Å². The first-order valence-electron chi connectivity index (χ1n) is 7.39. The highest BCUT2D eigenvalue weighted by Crippen LogP contribution is 2.02. The lowest BCUT2D eigenvalue weighted by atomic mass is 10.1. The maximum absolute atomic E-state index is 9.38. The fourth-order valence-electron chi connectivity index (χ4n) is 1.90. The Kier molecular flexibility index (Phi) is 11.0. The minimum Gasteiger partial charge on any atom is -0.395 e. The smallest absolute Gasteiger partial charge is 0.0701 e. The van der Waals surface area contributed by atoms with E-state index in [0.717, 1.165) is 13.0 Å². The van der Waals surface area contributed by atoms with Crippen LogP contribution in [0, 0.1) is 0 Å². The van der Waals surface area contributed by atoms with Crippen molar-refractivity contribution in [3.05, 3.63) is 35.9 Å². The summed E-state index contributed by atoms with van der Waals surface area (Å²) in [5.41, 5.74) is 1.22. The molecule has 0 fully saturated rings. The van der Waals surface area contributed by atoms with Gasteiger partial charge >= 0.3 is 0 Å². The molecule has 0 aliphatic carbocycles. The van der Waals surface area contributed by atoms with Gasteiger partial charge in [-0.25, -0.2) is 0 Å². The molecule has 0 saturated heterocycles. The lowest BCUT2D eigenvalue weighted by Crippen LogP contribution is -2.36. The Morgan fingerprint density at radius 3 is 2.33 bits per heavy atom. The quantitative estimate of drug-likeness (QED) is 0.529. The number of nitrogens with one attached hydrogen (secondary N) is 1. The SMILES string of the molecule is COCCOCCOCCNC(CO)Cc1ccccc1. The Bertz CT molecular complexity index is 334. The molecule has 0 spiro atoms. The predicted octanol–water partition coefficient (Wildman–Crippen LogP) is 0.859. The molecule has 120 valence electrons. The van der Waals surface area contributed by atoms with Gasteiger partial charge in [0.1, 0.15) is 0 Å². The summed E-state index contributed by atoms with van der Waals surface area (Å²) < 4.78 is 15.6. The number of ether oxygens (including phenoxy) is 3. The van der Waals surface area contributed by atoms with Gasteiger partial charge in [-0.3, -0.25) is 0 Å². The first-order chi connectivity index (χ1) is 10.4. The molecule has 0 aromatic heterocycles. The van der Waals surface area contributed by atoms with Gasteiger partial charge in [-0.1, -0.05) is 30.3 Å². The number of aliphatic hydroxyl groups is 1. The van der Waals surface area contributed by atoms with Crippen molar-refractivity contribution in [1.82, 2.24) is 5.32 Å². The van der Waals surface area contributed by atoms with Gasteiger partial charge in [-0.2, -0.15) is 0 Å². The van der Waals surface area contributed by atoms with Gasteiger partial charge < -0.3 is 24.6 Å². The third-order valence-electron chi connectivity index (χ3n) is 3.03. The second kappa shape index (κ2) is 12.7. The summed E-state index contributed by atoms with van der Waals surface area (Å²) in [7, 11) is 1.65. The maximum Gasteiger partial charge on any atom is 0.0701 e. The van der Waals surface area contributed by atoms with Gasteiger partial charge in [0.2, 0.25) is 0 Å². The van der Waals surface area contributed by atoms with E-state index in [4.69, 9.17) is 14.2 Å². The number of rotatable bonds is 13. The molecule has 1 aromatic carbocycles. The van der Waals surface area contributed by atoms with Crippen LogP contribution >= 0.6 is 0 Å². The molecule has 0 saturated carbocycles. The molecule has 0 heterocycles. The number of methoxy groups -OCH3 is 1. The van der Waals surface area contributed by atoms with Gasteiger partial charge in [0.15, 0.2) is 0 Å². The summed E-state index contributed by atoms with van der Waals surface area (Å²) in [6, 6.07) is 10.2. The first-order valence-corrected chi connectivity index (χ1v) is 7.39. The summed E-state index contributed by atoms with van der Waals surface area (Å²) in [4.78, 5) is 0. The molecule has 5 heteroatoms. The van der Waals surface area contributed by atoms with Crippen LogP contribution in [0.1, 0.15) is 5.56 Å². The van der Waals surface area contributed by atoms with Gasteiger partial charge in [-0.05, 0) is 12.0 Å². The minimum absolute atomic E-state index is 0.0638. The van der Waals surface area contributed by atoms with Gasteiger partial charge in [-0.15, -0.1) is 0 Å². The molecule has 0 bridgehead atoms. The van der Waals surface area contributed by atoms with Crippen LogP contribution < -0.4 is 5.32 Å². The van der Waals surface area contributed by atoms with Crippen molar-refractivity contribution in [2.24, 2.45) is 0 Å². The van der Waals surface area contributed by atoms with Crippen molar-refractivity contribution >= 4 is 0 Å². The third kappa shape index (κ3) is 9.55. The lowest BCUT2D eigenvalue weighted by Gasteiger charge is -2.16. The zero-order valence-corrected chi connectivity index (χ0v) is 12.8. The number of aliphatic hydroxyl groups excluding tert-OH is 1. The molecular formula is C16H27NO4. The highest BCUT2D eigenvalue weighted by atomic mass is 16.5. The van der Waals surface area contributed by atoms with E-state index >= 15 is 0 Å². The van der Waals surface area contributed by atoms with E-state index in [1.807, 2.05) is 18.2 Å². The van der Waals surface area contributed by atoms with Crippen molar-refractivity contribution in [3.63, 3.8) is 0 Å². The van der Waals surface area contributed by atoms with E-state index in [1.165, 1.54) is 5.56 Å². The summed E-state index contributed by atoms with van der Waals surface area (Å²) in [5.74, 6) is 0. The van der Waals surface area contributed by atoms with Crippen molar-refractivity contribution in [1.29, 1.82) is 0 Å². The van der Waals surface area contributed by atoms with Crippen LogP contribution in [-0.2, 0) is 20.6 Å². The Morgan fingerprint density at radius 1 is 1.00 bits per heavy atom. The molecule has 1 aromatic rings. The van der Waals surface area contributed by atoms with Crippen LogP contribution in [0.25, 0.3) is 0 Å². The molecule has 1 atom stereocenters. The van der Waals surface area contributed by atoms with Crippen molar-refractivity contribution in [2.75, 3.05) is 53.3 Å². The van der Waals surface area contributed by atoms with Crippen molar-refractivity contribution in [2.45, 2.75) is 12.5 Å². The second-order valence-corrected chi connectivity index (χ2v) is 4.74. The molecular weight excluding hydrogens is 270 g/mol. The maximum atomic E-state index is 9.38. The summed E-state index contributed by atoms with van der Waals surface area (Å²) in [6.07, 6.45) is 0.817. The van der Waals surface area contributed by atoms with E-state index in [0.29, 0.717) is 33.0 Å². The van der Waals surface area contributed by atoms with E-state index in [2.05, 4.69) is 17.4 Å². The van der Waals surface area contributed by atoms with Crippen LogP contribution in [0.3, 0.4) is 0 Å². The zero-order chi connectivity index (χ0) is 15.2. The zero-order valence-electron chi connectivity index (χ0n) is 12.8. The number of hydrogen-bond acceptors (Lipinski definition) is 5. The fourth-order valence-corrected chi connectivity index (χ4v) is 1.90. The largest absolute Gasteiger partial charge is 0.395 e. The number of hydrogen-bond donors (Lipinski definition) is 2. The third-order valence-corrected chi connectivity index (χ3v) is 3.03. The Morgan fingerprint density at radius 2 is 1.67 bits per heavy atom. The van der Waals surface area contributed by atoms with Crippen LogP contribution in [0.15, 0.2) is 30.3 Å². The van der Waals surface area contributed by atoms with Gasteiger partial charge in [0.05, 0.1) is 39.6 Å². The molecule has 0 aliphatic rings. The topological polar surface area (TPSA) is 60.0 Å². The fraction of sp³-hybridized carbons (Fsp3) is 0.625. The van der Waals surface area contributed by atoms with Crippen LogP contribution in [0.5, 0.6) is 0 Å². The Labute approximate surface area is 127 Å². The molecule has 0 amide bonds. The van der Waals surface area contributed by atoms with E-state index < -0.39 is 0 Å². The van der Waals surface area contributed by atoms with Crippen LogP contribution in [0.2, 0.25) is 0 Å². The van der Waals surface area contributed by atoms with Crippen molar-refractivity contribution < 1.29 is 19.3 Å². The van der Waals surface area contributed by atoms with Crippen LogP contribution in [-0.4, -0.2) is 64.4 Å². The summed E-state index contributed by atoms with van der Waals surface area (Å²) in [6.45, 7) is 3.82. The highest BCUT2D eigenvalue weighted by molar-refractivity contribution is 5.15. The molecule has 0 radical (unpaired) electrons. The minimum atomic E-state index is 0.0638. The molecule has 1 unspecified atom stereocenters. The number of benzene rings is 1. The van der Waals surface area contributed by atoms with Gasteiger partial charge in [0.25, 0.3) is 0 Å². The average molecular weight is 297 g/mol. The highest BCUT2D eigenvalue weighted by Gasteiger charge is 2.07. The molecule has 2 N–H and O–H groups in total. The Hall–Kier alpha value is -0.980. The average Bonchev–Trinajstić information content (AvgIpc) is 2.53. The second-order valence-electron chi connectivity index (χ2n) is 4.74. The predicted molar refractivity (Wildman–Crippen MR) is 82.5 cm³/mol. The normalized spacial score (nSPS) is 12.5. The Balaban J connectivity index is 2.00. The summed E-state index contributed by atoms with van der Waals surface area (Å²) in [5, 5.41) is 12.7. The summed E-state index contributed by atoms with van der Waals surface area (Å²) >= 11 is 0. The van der Waals surface area contributed by atoms with E-state index in [9.17, 15) is 5.11 Å². The van der Waals surface area contributed by atoms with Crippen molar-refractivity contribution in [3.8, 4) is 0 Å². The molecule has 5 nitrogen and oxygen atoms in total. The molecule has 21 heavy (non-hydrogen) atoms. The standard InChI is InChI=1S/C16H27NO4/c1-19-9-10-21-12-11-20-8-7-17-16(14-18)13-15-5-3-2-4-6-15/h2-6,16-18H,7-14H2,1H3. The molecule has 0 aliphatic heterocycles. The molecule has 1 rings (SSSR count). The first kappa shape index (κ1) is 18.1.